The number of phenols is 3. The van der Waals surface area contributed by atoms with E-state index in [1.54, 1.807) is 0 Å². The van der Waals surface area contributed by atoms with Crippen LogP contribution >= 0.6 is 0 Å². The van der Waals surface area contributed by atoms with Crippen molar-refractivity contribution >= 4 is 11.0 Å². The summed E-state index contributed by atoms with van der Waals surface area (Å²) in [5, 5.41) is 92.1. The molecule has 0 bridgehead atoms. The minimum Gasteiger partial charge on any atom is -0.508 e. The highest BCUT2D eigenvalue weighted by Crippen LogP contribution is 2.40. The Hall–Kier alpha value is -3.51. The monoisotopic (exact) mass is 594 g/mol. The molecule has 1 aromatic heterocycles. The highest BCUT2D eigenvalue weighted by molar-refractivity contribution is 5.88. The fourth-order valence-corrected chi connectivity index (χ4v) is 4.83. The Kier molecular flexibility index (Phi) is 8.30. The van der Waals surface area contributed by atoms with E-state index in [9.17, 15) is 50.8 Å². The molecule has 0 saturated carbocycles. The van der Waals surface area contributed by atoms with E-state index in [-0.39, 0.29) is 22.7 Å². The van der Waals surface area contributed by atoms with E-state index in [2.05, 4.69) is 0 Å². The molecular weight excluding hydrogens is 564 g/mol. The van der Waals surface area contributed by atoms with Crippen molar-refractivity contribution < 1.29 is 69.3 Å². The minimum absolute atomic E-state index is 0.0431. The SMILES string of the molecule is C[C@H]1O[C@@H](OC[C@@H]2O[C@H](Oc3c(-c4ccccc4O)oc4cc(O)cc(O)c4c3=O)[C@@H](O)[C@H](O)[C@H]2O)[C@H](O)[C@@H](O)[C@H]1O. The maximum atomic E-state index is 13.6. The van der Waals surface area contributed by atoms with Gasteiger partial charge in [-0.25, -0.2) is 0 Å². The van der Waals surface area contributed by atoms with Crippen LogP contribution in [-0.2, 0) is 14.2 Å². The fraction of sp³-hybridized carbons (Fsp3) is 0.444. The van der Waals surface area contributed by atoms with Crippen LogP contribution in [0, 0.1) is 0 Å². The number of hydrogen-bond donors (Lipinski definition) is 9. The molecule has 2 aromatic carbocycles. The van der Waals surface area contributed by atoms with E-state index >= 15 is 0 Å². The van der Waals surface area contributed by atoms with Crippen molar-refractivity contribution in [1.29, 1.82) is 0 Å². The fourth-order valence-electron chi connectivity index (χ4n) is 4.83. The molecule has 2 aliphatic heterocycles. The maximum absolute atomic E-state index is 13.6. The third kappa shape index (κ3) is 5.37. The minimum atomic E-state index is -1.94. The van der Waals surface area contributed by atoms with Gasteiger partial charge in [-0.1, -0.05) is 12.1 Å². The summed E-state index contributed by atoms with van der Waals surface area (Å²) in [5.41, 5.74) is -1.29. The molecule has 0 aliphatic carbocycles. The standard InChI is InChI=1S/C27H30O15/c1-9-17(31)20(34)22(36)26(39-9)38-8-15-18(32)21(35)23(37)27(41-15)42-25-19(33)16-13(30)6-10(28)7-14(16)40-24(25)11-4-2-3-5-12(11)29/h2-7,9,15,17-18,20-23,26-32,34-37H,8H2,1H3/t9-,15+,17+,18+,20+,21-,22-,23+,26-,27-/m1/s1. The van der Waals surface area contributed by atoms with Crippen LogP contribution in [0.15, 0.2) is 45.6 Å². The molecule has 3 aromatic rings. The van der Waals surface area contributed by atoms with Crippen molar-refractivity contribution in [2.45, 2.75) is 68.3 Å². The van der Waals surface area contributed by atoms with Gasteiger partial charge in [0.2, 0.25) is 17.5 Å². The first-order valence-corrected chi connectivity index (χ1v) is 12.9. The Balaban J connectivity index is 1.47. The zero-order valence-electron chi connectivity index (χ0n) is 21.9. The van der Waals surface area contributed by atoms with Crippen molar-refractivity contribution in [2.75, 3.05) is 6.61 Å². The molecule has 5 rings (SSSR count). The lowest BCUT2D eigenvalue weighted by Gasteiger charge is -2.42. The van der Waals surface area contributed by atoms with E-state index < -0.39 is 96.1 Å². The number of aliphatic hydroxyl groups excluding tert-OH is 6. The number of hydrogen-bond acceptors (Lipinski definition) is 15. The summed E-state index contributed by atoms with van der Waals surface area (Å²) < 4.78 is 27.9. The number of aromatic hydroxyl groups is 3. The van der Waals surface area contributed by atoms with Gasteiger partial charge in [0.05, 0.1) is 18.3 Å². The van der Waals surface area contributed by atoms with E-state index in [1.165, 1.54) is 31.2 Å². The van der Waals surface area contributed by atoms with Gasteiger partial charge in [-0.15, -0.1) is 0 Å². The topological polar surface area (TPSA) is 249 Å². The Morgan fingerprint density at radius 3 is 2.17 bits per heavy atom. The maximum Gasteiger partial charge on any atom is 0.239 e. The number of fused-ring (bicyclic) bond motifs is 1. The summed E-state index contributed by atoms with van der Waals surface area (Å²) in [6.45, 7) is 0.850. The van der Waals surface area contributed by atoms with Gasteiger partial charge in [0.25, 0.3) is 0 Å². The predicted octanol–water partition coefficient (Wildman–Crippen LogP) is -1.39. The van der Waals surface area contributed by atoms with Gasteiger partial charge in [0, 0.05) is 12.1 Å². The molecule has 0 spiro atoms. The van der Waals surface area contributed by atoms with Crippen LogP contribution in [-0.4, -0.2) is 114 Å². The zero-order valence-corrected chi connectivity index (χ0v) is 21.9. The van der Waals surface area contributed by atoms with Crippen molar-refractivity contribution in [2.24, 2.45) is 0 Å². The van der Waals surface area contributed by atoms with E-state index in [4.69, 9.17) is 23.4 Å². The van der Waals surface area contributed by atoms with Crippen molar-refractivity contribution in [1.82, 2.24) is 0 Å². The largest absolute Gasteiger partial charge is 0.508 e. The lowest BCUT2D eigenvalue weighted by molar-refractivity contribution is -0.318. The quantitative estimate of drug-likeness (QED) is 0.159. The summed E-state index contributed by atoms with van der Waals surface area (Å²) in [7, 11) is 0. The number of aliphatic hydroxyl groups is 6. The Morgan fingerprint density at radius 1 is 0.786 bits per heavy atom. The Morgan fingerprint density at radius 2 is 1.45 bits per heavy atom. The molecule has 42 heavy (non-hydrogen) atoms. The molecule has 0 radical (unpaired) electrons. The lowest BCUT2D eigenvalue weighted by atomic mass is 9.98. The Bertz CT molecular complexity index is 1490. The molecule has 15 heteroatoms. The van der Waals surface area contributed by atoms with Crippen LogP contribution in [0.2, 0.25) is 0 Å². The molecule has 2 aliphatic rings. The summed E-state index contributed by atoms with van der Waals surface area (Å²) in [4.78, 5) is 13.6. The molecule has 0 unspecified atom stereocenters. The third-order valence-electron chi connectivity index (χ3n) is 7.20. The second-order valence-electron chi connectivity index (χ2n) is 10.1. The van der Waals surface area contributed by atoms with Crippen LogP contribution in [0.1, 0.15) is 6.92 Å². The lowest BCUT2D eigenvalue weighted by Crippen LogP contribution is -2.61. The smallest absolute Gasteiger partial charge is 0.239 e. The highest BCUT2D eigenvalue weighted by atomic mass is 16.7. The van der Waals surface area contributed by atoms with Crippen LogP contribution in [0.5, 0.6) is 23.0 Å². The van der Waals surface area contributed by atoms with Gasteiger partial charge < -0.3 is 69.3 Å². The Labute approximate surface area is 236 Å². The molecule has 10 atom stereocenters. The van der Waals surface area contributed by atoms with Crippen LogP contribution in [0.3, 0.4) is 0 Å². The predicted molar refractivity (Wildman–Crippen MR) is 139 cm³/mol. The number of ether oxygens (including phenoxy) is 4. The zero-order chi connectivity index (χ0) is 30.5. The molecule has 228 valence electrons. The van der Waals surface area contributed by atoms with Gasteiger partial charge in [-0.3, -0.25) is 4.79 Å². The van der Waals surface area contributed by atoms with Crippen molar-refractivity contribution in [3.8, 4) is 34.3 Å². The summed E-state index contributed by atoms with van der Waals surface area (Å²) in [6.07, 6.45) is -15.9. The third-order valence-corrected chi connectivity index (χ3v) is 7.20. The molecule has 15 nitrogen and oxygen atoms in total. The van der Waals surface area contributed by atoms with Crippen molar-refractivity contribution in [3.63, 3.8) is 0 Å². The highest BCUT2D eigenvalue weighted by Gasteiger charge is 2.47. The average Bonchev–Trinajstić information content (AvgIpc) is 2.95. The van der Waals surface area contributed by atoms with Gasteiger partial charge >= 0.3 is 0 Å². The summed E-state index contributed by atoms with van der Waals surface area (Å²) in [5.74, 6) is -2.45. The van der Waals surface area contributed by atoms with Gasteiger partial charge in [-0.2, -0.15) is 0 Å². The molecular formula is C27H30O15. The summed E-state index contributed by atoms with van der Waals surface area (Å²) in [6, 6.07) is 7.63. The molecule has 0 amide bonds. The molecule has 2 saturated heterocycles. The average molecular weight is 595 g/mol. The second kappa shape index (κ2) is 11.6. The van der Waals surface area contributed by atoms with Gasteiger partial charge in [0.1, 0.15) is 70.9 Å². The van der Waals surface area contributed by atoms with E-state index in [0.29, 0.717) is 0 Å². The normalized spacial score (nSPS) is 33.5. The first-order valence-electron chi connectivity index (χ1n) is 12.9. The van der Waals surface area contributed by atoms with E-state index in [1.807, 2.05) is 0 Å². The first kappa shape index (κ1) is 30.0. The first-order chi connectivity index (χ1) is 19.9. The van der Waals surface area contributed by atoms with Crippen LogP contribution < -0.4 is 10.2 Å². The molecule has 9 N–H and O–H groups in total. The van der Waals surface area contributed by atoms with Crippen LogP contribution in [0.4, 0.5) is 0 Å². The molecule has 2 fully saturated rings. The van der Waals surface area contributed by atoms with Gasteiger partial charge in [0.15, 0.2) is 12.1 Å². The van der Waals surface area contributed by atoms with Crippen LogP contribution in [0.25, 0.3) is 22.3 Å². The number of para-hydroxylation sites is 1. The molecule has 3 heterocycles. The number of benzene rings is 2. The second-order valence-corrected chi connectivity index (χ2v) is 10.1. The number of phenolic OH excluding ortho intramolecular Hbond substituents is 3. The van der Waals surface area contributed by atoms with Gasteiger partial charge in [-0.05, 0) is 19.1 Å². The summed E-state index contributed by atoms with van der Waals surface area (Å²) >= 11 is 0. The number of rotatable bonds is 6. The van der Waals surface area contributed by atoms with Crippen molar-refractivity contribution in [3.05, 3.63) is 46.6 Å². The van der Waals surface area contributed by atoms with E-state index in [0.717, 1.165) is 12.1 Å².